The highest BCUT2D eigenvalue weighted by Crippen LogP contribution is 2.05. The highest BCUT2D eigenvalue weighted by molar-refractivity contribution is 7.08. The van der Waals surface area contributed by atoms with Crippen LogP contribution in [0.3, 0.4) is 0 Å². The lowest BCUT2D eigenvalue weighted by Gasteiger charge is -2.05. The van der Waals surface area contributed by atoms with Crippen molar-refractivity contribution in [3.63, 3.8) is 0 Å². The average Bonchev–Trinajstić information content (AvgIpc) is 3.07. The lowest BCUT2D eigenvalue weighted by atomic mass is 10.2. The number of rotatable bonds is 6. The SMILES string of the molecule is Cc1[nH]ncc1CNC(=O)CCNC(=O)c1ccsc1. The maximum Gasteiger partial charge on any atom is 0.252 e. The number of nitrogens with zero attached hydrogens (tertiary/aromatic N) is 1. The molecule has 20 heavy (non-hydrogen) atoms. The van der Waals surface area contributed by atoms with Crippen molar-refractivity contribution in [1.29, 1.82) is 0 Å². The first-order valence-corrected chi connectivity index (χ1v) is 7.17. The van der Waals surface area contributed by atoms with Crippen LogP contribution < -0.4 is 10.6 Å². The summed E-state index contributed by atoms with van der Waals surface area (Å²) in [6.45, 7) is 2.67. The molecule has 2 amide bonds. The zero-order valence-electron chi connectivity index (χ0n) is 11.1. The Hall–Kier alpha value is -2.15. The molecule has 0 atom stereocenters. The summed E-state index contributed by atoms with van der Waals surface area (Å²) in [5.41, 5.74) is 2.53. The normalized spacial score (nSPS) is 10.2. The van der Waals surface area contributed by atoms with Crippen LogP contribution in [-0.4, -0.2) is 28.6 Å². The molecule has 0 aliphatic rings. The lowest BCUT2D eigenvalue weighted by Crippen LogP contribution is -2.30. The molecule has 2 rings (SSSR count). The summed E-state index contributed by atoms with van der Waals surface area (Å²) in [6, 6.07) is 1.75. The smallest absolute Gasteiger partial charge is 0.252 e. The van der Waals surface area contributed by atoms with Gasteiger partial charge in [-0.1, -0.05) is 0 Å². The van der Waals surface area contributed by atoms with Crippen molar-refractivity contribution in [3.8, 4) is 0 Å². The van der Waals surface area contributed by atoms with Gasteiger partial charge in [0.15, 0.2) is 0 Å². The number of nitrogens with one attached hydrogen (secondary N) is 3. The van der Waals surface area contributed by atoms with Crippen LogP contribution >= 0.6 is 11.3 Å². The number of aryl methyl sites for hydroxylation is 1. The molecule has 0 aromatic carbocycles. The number of carbonyl (C=O) groups is 2. The molecule has 2 aromatic heterocycles. The first-order valence-electron chi connectivity index (χ1n) is 6.23. The van der Waals surface area contributed by atoms with Crippen molar-refractivity contribution >= 4 is 23.2 Å². The Morgan fingerprint density at radius 1 is 1.40 bits per heavy atom. The van der Waals surface area contributed by atoms with Crippen LogP contribution in [-0.2, 0) is 11.3 Å². The van der Waals surface area contributed by atoms with Crippen LogP contribution in [0.5, 0.6) is 0 Å². The molecule has 0 radical (unpaired) electrons. The average molecular weight is 292 g/mol. The van der Waals surface area contributed by atoms with Gasteiger partial charge in [0.2, 0.25) is 5.91 Å². The van der Waals surface area contributed by atoms with Crippen molar-refractivity contribution in [2.45, 2.75) is 19.9 Å². The molecular formula is C13H16N4O2S. The molecule has 0 saturated carbocycles. The summed E-state index contributed by atoms with van der Waals surface area (Å²) in [5.74, 6) is -0.249. The number of hydrogen-bond donors (Lipinski definition) is 3. The van der Waals surface area contributed by atoms with E-state index in [2.05, 4.69) is 20.8 Å². The second-order valence-corrected chi connectivity index (χ2v) is 5.09. The Kier molecular flexibility index (Phi) is 4.89. The Morgan fingerprint density at radius 2 is 2.25 bits per heavy atom. The number of hydrogen-bond acceptors (Lipinski definition) is 4. The molecule has 6 nitrogen and oxygen atoms in total. The fourth-order valence-electron chi connectivity index (χ4n) is 1.62. The van der Waals surface area contributed by atoms with E-state index < -0.39 is 0 Å². The van der Waals surface area contributed by atoms with E-state index in [1.807, 2.05) is 12.3 Å². The summed E-state index contributed by atoms with van der Waals surface area (Å²) < 4.78 is 0. The van der Waals surface area contributed by atoms with Gasteiger partial charge in [-0.25, -0.2) is 0 Å². The summed E-state index contributed by atoms with van der Waals surface area (Å²) in [6.07, 6.45) is 1.95. The van der Waals surface area contributed by atoms with Gasteiger partial charge in [0.25, 0.3) is 5.91 Å². The molecule has 0 saturated heterocycles. The molecule has 106 valence electrons. The molecule has 0 fully saturated rings. The zero-order valence-corrected chi connectivity index (χ0v) is 11.9. The minimum absolute atomic E-state index is 0.101. The van der Waals surface area contributed by atoms with Gasteiger partial charge in [-0.15, -0.1) is 0 Å². The van der Waals surface area contributed by atoms with Gasteiger partial charge < -0.3 is 10.6 Å². The van der Waals surface area contributed by atoms with Gasteiger partial charge in [0, 0.05) is 41.7 Å². The number of aromatic amines is 1. The number of thiophene rings is 1. The highest BCUT2D eigenvalue weighted by Gasteiger charge is 2.07. The van der Waals surface area contributed by atoms with Gasteiger partial charge >= 0.3 is 0 Å². The predicted octanol–water partition coefficient (Wildman–Crippen LogP) is 1.22. The van der Waals surface area contributed by atoms with E-state index in [-0.39, 0.29) is 18.2 Å². The third kappa shape index (κ3) is 3.92. The van der Waals surface area contributed by atoms with Gasteiger partial charge in [-0.3, -0.25) is 14.7 Å². The number of H-pyrrole nitrogens is 1. The molecule has 2 aromatic rings. The summed E-state index contributed by atoms with van der Waals surface area (Å²) in [7, 11) is 0. The highest BCUT2D eigenvalue weighted by atomic mass is 32.1. The fourth-order valence-corrected chi connectivity index (χ4v) is 2.26. The van der Waals surface area contributed by atoms with Gasteiger partial charge in [-0.05, 0) is 18.4 Å². The Bertz CT molecular complexity index is 577. The van der Waals surface area contributed by atoms with Crippen molar-refractivity contribution in [3.05, 3.63) is 39.8 Å². The van der Waals surface area contributed by atoms with Crippen molar-refractivity contribution in [1.82, 2.24) is 20.8 Å². The van der Waals surface area contributed by atoms with Crippen LogP contribution in [0.15, 0.2) is 23.0 Å². The van der Waals surface area contributed by atoms with E-state index in [0.29, 0.717) is 18.7 Å². The molecule has 0 bridgehead atoms. The van der Waals surface area contributed by atoms with E-state index in [9.17, 15) is 9.59 Å². The van der Waals surface area contributed by atoms with E-state index >= 15 is 0 Å². The van der Waals surface area contributed by atoms with E-state index in [1.165, 1.54) is 11.3 Å². The minimum atomic E-state index is -0.148. The Labute approximate surface area is 120 Å². The molecule has 3 N–H and O–H groups in total. The van der Waals surface area contributed by atoms with Crippen molar-refractivity contribution < 1.29 is 9.59 Å². The number of amides is 2. The predicted molar refractivity (Wildman–Crippen MR) is 76.4 cm³/mol. The molecule has 0 aliphatic carbocycles. The van der Waals surface area contributed by atoms with Crippen LogP contribution in [0.25, 0.3) is 0 Å². The Morgan fingerprint density at radius 3 is 2.90 bits per heavy atom. The van der Waals surface area contributed by atoms with Gasteiger partial charge in [-0.2, -0.15) is 16.4 Å². The topological polar surface area (TPSA) is 86.9 Å². The molecular weight excluding hydrogens is 276 g/mol. The largest absolute Gasteiger partial charge is 0.352 e. The standard InChI is InChI=1S/C13H16N4O2S/c1-9-11(7-16-17-9)6-15-12(18)2-4-14-13(19)10-3-5-20-8-10/h3,5,7-8H,2,4,6H2,1H3,(H,14,19)(H,15,18)(H,16,17). The van der Waals surface area contributed by atoms with E-state index in [1.54, 1.807) is 17.6 Å². The molecule has 2 heterocycles. The molecule has 0 aliphatic heterocycles. The first-order chi connectivity index (χ1) is 9.66. The summed E-state index contributed by atoms with van der Waals surface area (Å²) in [4.78, 5) is 23.3. The van der Waals surface area contributed by atoms with Crippen molar-refractivity contribution in [2.75, 3.05) is 6.54 Å². The monoisotopic (exact) mass is 292 g/mol. The van der Waals surface area contributed by atoms with Gasteiger partial charge in [0.05, 0.1) is 6.20 Å². The maximum absolute atomic E-state index is 11.6. The third-order valence-corrected chi connectivity index (χ3v) is 3.51. The van der Waals surface area contributed by atoms with Crippen LogP contribution in [0, 0.1) is 6.92 Å². The molecule has 7 heteroatoms. The molecule has 0 unspecified atom stereocenters. The maximum atomic E-state index is 11.6. The third-order valence-electron chi connectivity index (χ3n) is 2.83. The quantitative estimate of drug-likeness (QED) is 0.748. The minimum Gasteiger partial charge on any atom is -0.352 e. The number of aromatic nitrogens is 2. The first kappa shape index (κ1) is 14.3. The second-order valence-electron chi connectivity index (χ2n) is 4.31. The zero-order chi connectivity index (χ0) is 14.4. The lowest BCUT2D eigenvalue weighted by molar-refractivity contribution is -0.121. The van der Waals surface area contributed by atoms with E-state index in [4.69, 9.17) is 0 Å². The van der Waals surface area contributed by atoms with Crippen molar-refractivity contribution in [2.24, 2.45) is 0 Å². The fraction of sp³-hybridized carbons (Fsp3) is 0.308. The second kappa shape index (κ2) is 6.85. The Balaban J connectivity index is 1.65. The summed E-state index contributed by atoms with van der Waals surface area (Å²) in [5, 5.41) is 15.8. The summed E-state index contributed by atoms with van der Waals surface area (Å²) >= 11 is 1.47. The van der Waals surface area contributed by atoms with Gasteiger partial charge in [0.1, 0.15) is 0 Å². The van der Waals surface area contributed by atoms with Crippen LogP contribution in [0.4, 0.5) is 0 Å². The van der Waals surface area contributed by atoms with Crippen LogP contribution in [0.2, 0.25) is 0 Å². The van der Waals surface area contributed by atoms with Crippen LogP contribution in [0.1, 0.15) is 28.0 Å². The number of carbonyl (C=O) groups excluding carboxylic acids is 2. The van der Waals surface area contributed by atoms with E-state index in [0.717, 1.165) is 11.3 Å². The molecule has 0 spiro atoms.